The number of hydrogen-bond acceptors (Lipinski definition) is 4. The number of carbonyl (C=O) groups is 1. The van der Waals surface area contributed by atoms with Crippen molar-refractivity contribution in [3.8, 4) is 0 Å². The molecule has 26 heavy (non-hydrogen) atoms. The molecule has 0 spiro atoms. The Morgan fingerprint density at radius 2 is 1.81 bits per heavy atom. The Bertz CT molecular complexity index is 961. The molecule has 2 aromatic carbocycles. The number of hydrogen-bond donors (Lipinski definition) is 2. The number of halogens is 3. The van der Waals surface area contributed by atoms with Crippen LogP contribution < -0.4 is 10.6 Å². The Morgan fingerprint density at radius 1 is 1.08 bits per heavy atom. The number of rotatable bonds is 4. The van der Waals surface area contributed by atoms with Crippen molar-refractivity contribution in [2.24, 2.45) is 0 Å². The predicted octanol–water partition coefficient (Wildman–Crippen LogP) is 4.71. The van der Waals surface area contributed by atoms with E-state index in [9.17, 15) is 13.6 Å². The minimum Gasteiger partial charge on any atom is -0.340 e. The van der Waals surface area contributed by atoms with E-state index < -0.39 is 23.2 Å². The second-order valence-corrected chi connectivity index (χ2v) is 5.86. The highest BCUT2D eigenvalue weighted by Gasteiger charge is 2.15. The summed E-state index contributed by atoms with van der Waals surface area (Å²) in [7, 11) is 0. The third kappa shape index (κ3) is 3.94. The Hall–Kier alpha value is -3.06. The molecule has 3 rings (SSSR count). The van der Waals surface area contributed by atoms with Gasteiger partial charge >= 0.3 is 0 Å². The van der Waals surface area contributed by atoms with Gasteiger partial charge in [0.25, 0.3) is 5.91 Å². The monoisotopic (exact) mass is 374 g/mol. The standard InChI is InChI=1S/C18H13ClF2N4O/c1-10-7-11(19)5-6-14(10)24-16-8-15(22-9-23-16)18(26)25-17-12(20)3-2-4-13(17)21/h2-9H,1H3,(H,25,26)(H,22,23,24). The molecule has 3 aromatic rings. The van der Waals surface area contributed by atoms with Gasteiger partial charge in [-0.1, -0.05) is 17.7 Å². The third-order valence-corrected chi connectivity index (χ3v) is 3.79. The Balaban J connectivity index is 1.81. The van der Waals surface area contributed by atoms with Gasteiger partial charge in [0.15, 0.2) is 0 Å². The average Bonchev–Trinajstić information content (AvgIpc) is 2.61. The maximum Gasteiger partial charge on any atom is 0.274 e. The quantitative estimate of drug-likeness (QED) is 0.694. The molecule has 0 aliphatic heterocycles. The molecule has 0 aliphatic rings. The number of amides is 1. The molecule has 2 N–H and O–H groups in total. The third-order valence-electron chi connectivity index (χ3n) is 3.55. The van der Waals surface area contributed by atoms with Crippen LogP contribution in [0, 0.1) is 18.6 Å². The van der Waals surface area contributed by atoms with Gasteiger partial charge in [0, 0.05) is 16.8 Å². The van der Waals surface area contributed by atoms with Crippen LogP contribution in [0.2, 0.25) is 5.02 Å². The van der Waals surface area contributed by atoms with Gasteiger partial charge < -0.3 is 10.6 Å². The van der Waals surface area contributed by atoms with E-state index in [-0.39, 0.29) is 5.69 Å². The van der Waals surface area contributed by atoms with Crippen LogP contribution in [0.4, 0.5) is 26.0 Å². The molecule has 0 saturated heterocycles. The van der Waals surface area contributed by atoms with E-state index >= 15 is 0 Å². The smallest absolute Gasteiger partial charge is 0.274 e. The maximum atomic E-state index is 13.7. The second kappa shape index (κ2) is 7.45. The zero-order valence-electron chi connectivity index (χ0n) is 13.6. The predicted molar refractivity (Wildman–Crippen MR) is 95.8 cm³/mol. The topological polar surface area (TPSA) is 66.9 Å². The van der Waals surface area contributed by atoms with E-state index in [1.165, 1.54) is 18.5 Å². The number of para-hydroxylation sites is 1. The highest BCUT2D eigenvalue weighted by Crippen LogP contribution is 2.23. The Kier molecular flexibility index (Phi) is 5.09. The van der Waals surface area contributed by atoms with Crippen molar-refractivity contribution in [1.29, 1.82) is 0 Å². The number of aromatic nitrogens is 2. The van der Waals surface area contributed by atoms with Gasteiger partial charge in [0.2, 0.25) is 0 Å². The zero-order chi connectivity index (χ0) is 18.7. The molecule has 0 bridgehead atoms. The number of nitrogens with one attached hydrogen (secondary N) is 2. The van der Waals surface area contributed by atoms with Crippen molar-refractivity contribution in [2.75, 3.05) is 10.6 Å². The number of nitrogens with zero attached hydrogens (tertiary/aromatic N) is 2. The number of aryl methyl sites for hydroxylation is 1. The molecule has 1 aromatic heterocycles. The summed E-state index contributed by atoms with van der Waals surface area (Å²) in [5, 5.41) is 5.82. The fourth-order valence-corrected chi connectivity index (χ4v) is 2.48. The van der Waals surface area contributed by atoms with Gasteiger partial charge in [0.1, 0.15) is 35.2 Å². The molecule has 0 aliphatic carbocycles. The van der Waals surface area contributed by atoms with Crippen molar-refractivity contribution in [3.05, 3.63) is 76.7 Å². The summed E-state index contributed by atoms with van der Waals surface area (Å²) >= 11 is 5.92. The van der Waals surface area contributed by atoms with Crippen molar-refractivity contribution < 1.29 is 13.6 Å². The number of carbonyl (C=O) groups excluding carboxylic acids is 1. The minimum absolute atomic E-state index is 0.0447. The molecule has 0 unspecified atom stereocenters. The first-order valence-electron chi connectivity index (χ1n) is 7.54. The van der Waals surface area contributed by atoms with E-state index in [1.807, 2.05) is 6.92 Å². The summed E-state index contributed by atoms with van der Waals surface area (Å²) in [5.74, 6) is -2.15. The Labute approximate surface area is 153 Å². The van der Waals surface area contributed by atoms with Gasteiger partial charge in [-0.05, 0) is 42.8 Å². The summed E-state index contributed by atoms with van der Waals surface area (Å²) in [5.41, 5.74) is 1.06. The van der Waals surface area contributed by atoms with Crippen LogP contribution in [-0.2, 0) is 0 Å². The summed E-state index contributed by atoms with van der Waals surface area (Å²) in [4.78, 5) is 20.1. The molecule has 5 nitrogen and oxygen atoms in total. The van der Waals surface area contributed by atoms with E-state index in [0.717, 1.165) is 23.4 Å². The molecular weight excluding hydrogens is 362 g/mol. The highest BCUT2D eigenvalue weighted by atomic mass is 35.5. The van der Waals surface area contributed by atoms with E-state index in [2.05, 4.69) is 20.6 Å². The van der Waals surface area contributed by atoms with Gasteiger partial charge in [0.05, 0.1) is 0 Å². The van der Waals surface area contributed by atoms with E-state index in [4.69, 9.17) is 11.6 Å². The van der Waals surface area contributed by atoms with Crippen LogP contribution in [0.1, 0.15) is 16.1 Å². The molecule has 0 saturated carbocycles. The van der Waals surface area contributed by atoms with Crippen molar-refractivity contribution in [3.63, 3.8) is 0 Å². The van der Waals surface area contributed by atoms with Crippen molar-refractivity contribution in [1.82, 2.24) is 9.97 Å². The largest absolute Gasteiger partial charge is 0.340 e. The second-order valence-electron chi connectivity index (χ2n) is 5.42. The fourth-order valence-electron chi connectivity index (χ4n) is 2.25. The maximum absolute atomic E-state index is 13.7. The average molecular weight is 375 g/mol. The zero-order valence-corrected chi connectivity index (χ0v) is 14.3. The lowest BCUT2D eigenvalue weighted by Gasteiger charge is -2.10. The number of anilines is 3. The summed E-state index contributed by atoms with van der Waals surface area (Å²) in [6.45, 7) is 1.87. The number of benzene rings is 2. The lowest BCUT2D eigenvalue weighted by molar-refractivity contribution is 0.102. The molecule has 8 heteroatoms. The molecular formula is C18H13ClF2N4O. The van der Waals surface area contributed by atoms with Crippen LogP contribution >= 0.6 is 11.6 Å². The van der Waals surface area contributed by atoms with Gasteiger partial charge in [-0.25, -0.2) is 18.7 Å². The van der Waals surface area contributed by atoms with Crippen molar-refractivity contribution >= 4 is 34.7 Å². The van der Waals surface area contributed by atoms with Crippen LogP contribution in [0.15, 0.2) is 48.8 Å². The normalized spacial score (nSPS) is 10.5. The lowest BCUT2D eigenvalue weighted by Crippen LogP contribution is -2.16. The first-order chi connectivity index (χ1) is 12.4. The molecule has 0 fully saturated rings. The highest BCUT2D eigenvalue weighted by molar-refractivity contribution is 6.30. The first-order valence-corrected chi connectivity index (χ1v) is 7.92. The fraction of sp³-hybridized carbons (Fsp3) is 0.0556. The summed E-state index contributed by atoms with van der Waals surface area (Å²) in [6.07, 6.45) is 1.18. The van der Waals surface area contributed by atoms with Gasteiger partial charge in [-0.15, -0.1) is 0 Å². The molecule has 0 atom stereocenters. The molecule has 1 heterocycles. The van der Waals surface area contributed by atoms with Crippen molar-refractivity contribution in [2.45, 2.75) is 6.92 Å². The van der Waals surface area contributed by atoms with Crippen LogP contribution in [0.25, 0.3) is 0 Å². The van der Waals surface area contributed by atoms with Crippen LogP contribution in [0.5, 0.6) is 0 Å². The SMILES string of the molecule is Cc1cc(Cl)ccc1Nc1cc(C(=O)Nc2c(F)cccc2F)ncn1. The van der Waals surface area contributed by atoms with E-state index in [1.54, 1.807) is 18.2 Å². The van der Waals surface area contributed by atoms with Gasteiger partial charge in [-0.2, -0.15) is 0 Å². The molecule has 0 radical (unpaired) electrons. The Morgan fingerprint density at radius 3 is 2.50 bits per heavy atom. The lowest BCUT2D eigenvalue weighted by atomic mass is 10.2. The molecule has 132 valence electrons. The summed E-state index contributed by atoms with van der Waals surface area (Å²) in [6, 6.07) is 9.95. The first kappa shape index (κ1) is 17.8. The molecule has 1 amide bonds. The van der Waals surface area contributed by atoms with E-state index in [0.29, 0.717) is 10.8 Å². The van der Waals surface area contributed by atoms with Crippen LogP contribution in [0.3, 0.4) is 0 Å². The minimum atomic E-state index is -0.873. The van der Waals surface area contributed by atoms with Crippen LogP contribution in [-0.4, -0.2) is 15.9 Å². The van der Waals surface area contributed by atoms with Gasteiger partial charge in [-0.3, -0.25) is 4.79 Å². The summed E-state index contributed by atoms with van der Waals surface area (Å²) < 4.78 is 27.3.